The molecule has 41 heteroatoms. The van der Waals surface area contributed by atoms with Gasteiger partial charge in [0.25, 0.3) is 11.8 Å². The van der Waals surface area contributed by atoms with Crippen molar-refractivity contribution in [1.82, 2.24) is 59.5 Å². The van der Waals surface area contributed by atoms with Crippen LogP contribution in [0.3, 0.4) is 0 Å². The van der Waals surface area contributed by atoms with Gasteiger partial charge in [0.1, 0.15) is 62.0 Å². The second-order valence-electron chi connectivity index (χ2n) is 22.4. The highest BCUT2D eigenvalue weighted by Crippen LogP contribution is 2.55. The Morgan fingerprint density at radius 1 is 0.809 bits per heavy atom. The molecule has 0 radical (unpaired) electrons. The highest BCUT2D eigenvalue weighted by molar-refractivity contribution is 8.07. The number of hydrogen-bond donors (Lipinski definition) is 8. The average molecular weight is 1400 g/mol. The molecule has 4 saturated heterocycles. The summed E-state index contributed by atoms with van der Waals surface area (Å²) < 4.78 is 95.7. The maximum Gasteiger partial charge on any atom is 0.412 e. The number of imide groups is 1. The minimum absolute atomic E-state index is 0.00508. The lowest BCUT2D eigenvalue weighted by Gasteiger charge is -2.29. The van der Waals surface area contributed by atoms with Gasteiger partial charge in [-0.1, -0.05) is 26.0 Å². The van der Waals surface area contributed by atoms with Crippen molar-refractivity contribution in [1.29, 1.82) is 0 Å². The summed E-state index contributed by atoms with van der Waals surface area (Å²) in [6.45, 7) is -8.28. The molecule has 506 valence electrons. The summed E-state index contributed by atoms with van der Waals surface area (Å²) in [5.74, 6) is -4.32. The molecule has 2 unspecified atom stereocenters. The van der Waals surface area contributed by atoms with Crippen molar-refractivity contribution in [3.05, 3.63) is 67.3 Å². The Morgan fingerprint density at radius 3 is 2.01 bits per heavy atom. The molecule has 0 bridgehead atoms. The fraction of sp³-hybridized carbons (Fsp3) is 0.509. The van der Waals surface area contributed by atoms with Crippen LogP contribution >= 0.6 is 13.4 Å². The lowest BCUT2D eigenvalue weighted by molar-refractivity contribution is -0.137. The number of carbonyl (C=O) groups is 8. The van der Waals surface area contributed by atoms with Crippen molar-refractivity contribution in [2.24, 2.45) is 17.6 Å². The van der Waals surface area contributed by atoms with Gasteiger partial charge in [-0.05, 0) is 60.1 Å². The summed E-state index contributed by atoms with van der Waals surface area (Å²) in [6.07, 6.45) is -11.3. The maximum absolute atomic E-state index is 16.8. The van der Waals surface area contributed by atoms with Crippen molar-refractivity contribution >= 4 is 124 Å². The number of carbonyl (C=O) groups excluding carboxylic acids is 8. The fourth-order valence-corrected chi connectivity index (χ4v) is 13.8. The molecule has 0 spiro atoms. The SMILES string of the molecule is CC(C)[C@H](NC(=O)CCN1C(=O)C=CC1=O)C(=O)C[C@@H](CCCNC(N)=O)C(=O)Nc1ccc(COC(=O)N2C[C@@H](F)C[C@H]2COC(=O)Nc2ncnc3c2ncn3[C@@H]2O[C@@H]3COP(O)(=S)O[C@H]4[C@@H](F)[C@H](n5cnc6c(N)ncnc65)O[C@@H]4COP(O)(=S)O[C@H]3[C@H]2F)cc1. The van der Waals surface area contributed by atoms with Gasteiger partial charge >= 0.3 is 31.7 Å². The third kappa shape index (κ3) is 16.3. The second kappa shape index (κ2) is 29.4. The molecule has 10 rings (SSSR count). The highest BCUT2D eigenvalue weighted by atomic mass is 32.5. The number of nitrogens with zero attached hydrogens (tertiary/aromatic N) is 10. The van der Waals surface area contributed by atoms with Gasteiger partial charge in [-0.2, -0.15) is 0 Å². The number of halogens is 3. The summed E-state index contributed by atoms with van der Waals surface area (Å²) >= 11 is 10.5. The van der Waals surface area contributed by atoms with Gasteiger partial charge in [0.05, 0.1) is 44.5 Å². The molecule has 5 aliphatic heterocycles. The number of nitrogen functional groups attached to an aromatic ring is 1. The first kappa shape index (κ1) is 69.0. The van der Waals surface area contributed by atoms with E-state index in [1.165, 1.54) is 23.0 Å². The average Bonchev–Trinajstić information content (AvgIpc) is 1.62. The number of benzene rings is 1. The lowest BCUT2D eigenvalue weighted by Crippen LogP contribution is -2.46. The first-order valence-corrected chi connectivity index (χ1v) is 34.2. The van der Waals surface area contributed by atoms with Crippen LogP contribution in [-0.2, 0) is 91.2 Å². The van der Waals surface area contributed by atoms with Crippen molar-refractivity contribution in [3.8, 4) is 0 Å². The van der Waals surface area contributed by atoms with Crippen LogP contribution in [0.5, 0.6) is 0 Å². The number of anilines is 3. The van der Waals surface area contributed by atoms with Gasteiger partial charge in [0.15, 0.2) is 59.0 Å². The third-order valence-corrected chi connectivity index (χ3v) is 18.7. The molecule has 1 aromatic carbocycles. The van der Waals surface area contributed by atoms with Gasteiger partial charge < -0.3 is 65.2 Å². The number of rotatable bonds is 21. The number of ketones is 1. The molecule has 4 aromatic heterocycles. The first-order valence-electron chi connectivity index (χ1n) is 29.0. The van der Waals surface area contributed by atoms with Crippen molar-refractivity contribution in [2.45, 2.75) is 120 Å². The number of Topliss-reactive ketones (excluding diaryl/α,β-unsaturated/α-hetero) is 1. The Morgan fingerprint density at radius 2 is 1.40 bits per heavy atom. The number of urea groups is 1. The van der Waals surface area contributed by atoms with E-state index in [-0.39, 0.29) is 85.8 Å². The Bertz CT molecular complexity index is 3830. The van der Waals surface area contributed by atoms with E-state index in [1.807, 2.05) is 0 Å². The van der Waals surface area contributed by atoms with E-state index < -0.39 is 167 Å². The number of nitrogens with one attached hydrogen (secondary N) is 4. The third-order valence-electron chi connectivity index (χ3n) is 15.6. The molecule has 0 saturated carbocycles. The quantitative estimate of drug-likeness (QED) is 0.0297. The van der Waals surface area contributed by atoms with E-state index >= 15 is 8.78 Å². The number of nitrogens with two attached hydrogens (primary N) is 2. The van der Waals surface area contributed by atoms with Crippen LogP contribution in [0.1, 0.15) is 64.0 Å². The largest absolute Gasteiger partial charge is 0.447 e. The summed E-state index contributed by atoms with van der Waals surface area (Å²) in [5.41, 5.74) is 11.9. The minimum Gasteiger partial charge on any atom is -0.447 e. The zero-order chi connectivity index (χ0) is 67.3. The molecule has 34 nitrogen and oxygen atoms in total. The van der Waals surface area contributed by atoms with Gasteiger partial charge in [-0.3, -0.25) is 57.3 Å². The van der Waals surface area contributed by atoms with E-state index in [1.54, 1.807) is 26.0 Å². The molecule has 5 aromatic rings. The minimum atomic E-state index is -4.46. The Labute approximate surface area is 540 Å². The van der Waals surface area contributed by atoms with Crippen LogP contribution in [0.2, 0.25) is 0 Å². The molecule has 8 amide bonds. The van der Waals surface area contributed by atoms with Crippen LogP contribution in [0, 0.1) is 11.8 Å². The zero-order valence-corrected chi connectivity index (χ0v) is 53.1. The Kier molecular flexibility index (Phi) is 21.6. The van der Waals surface area contributed by atoms with E-state index in [0.717, 1.165) is 45.5 Å². The van der Waals surface area contributed by atoms with E-state index in [4.69, 9.17) is 72.1 Å². The molecular formula is C53H63F3N16O18P2S2. The van der Waals surface area contributed by atoms with Crippen molar-refractivity contribution < 1.29 is 98.4 Å². The number of alkyl halides is 3. The monoisotopic (exact) mass is 1390 g/mol. The van der Waals surface area contributed by atoms with Crippen LogP contribution < -0.4 is 32.7 Å². The number of imidazole rings is 2. The molecule has 10 N–H and O–H groups in total. The summed E-state index contributed by atoms with van der Waals surface area (Å²) in [4.78, 5) is 151. The molecule has 14 atom stereocenters. The summed E-state index contributed by atoms with van der Waals surface area (Å²) in [5, 5.41) is 10.3. The molecule has 94 heavy (non-hydrogen) atoms. The lowest BCUT2D eigenvalue weighted by atomic mass is 9.89. The van der Waals surface area contributed by atoms with Crippen LogP contribution in [0.15, 0.2) is 61.7 Å². The molecular weight excluding hydrogens is 1330 g/mol. The predicted molar refractivity (Wildman–Crippen MR) is 325 cm³/mol. The van der Waals surface area contributed by atoms with Crippen LogP contribution in [0.25, 0.3) is 22.3 Å². The van der Waals surface area contributed by atoms with Crippen LogP contribution in [-0.4, -0.2) is 201 Å². The van der Waals surface area contributed by atoms with E-state index in [0.29, 0.717) is 11.3 Å². The Hall–Kier alpha value is -7.81. The number of aromatic nitrogens is 8. The fourth-order valence-electron chi connectivity index (χ4n) is 10.9. The highest BCUT2D eigenvalue weighted by Gasteiger charge is 2.54. The first-order chi connectivity index (χ1) is 44.7. The normalized spacial score (nSPS) is 27.7. The number of primary amides is 1. The van der Waals surface area contributed by atoms with Gasteiger partial charge in [0.2, 0.25) is 11.8 Å². The number of ether oxygens (including phenoxy) is 4. The van der Waals surface area contributed by atoms with Gasteiger partial charge in [0, 0.05) is 56.1 Å². The van der Waals surface area contributed by atoms with E-state index in [2.05, 4.69) is 51.2 Å². The van der Waals surface area contributed by atoms with Gasteiger partial charge in [-0.25, -0.2) is 57.5 Å². The molecule has 4 fully saturated rings. The standard InChI is InChI=1S/C53H63F3N16O18P2S2/c1-25(2)39(67-34(74)11-13-69-35(75)9-10-36(69)76)31(73)14-27(4-3-12-59-51(58)78)48(77)66-29-7-5-26(6-8-29)17-84-53(80)70-16-28(54)15-30(70)18-83-52(79)68-45-41-47(63-22-61-45)72(24-65-41)50-38(56)43-33(88-50)20-86-91(81,93)89-42-32(19-85-92(82,94)90-43)87-49(37(42)55)71-23-64-40-44(57)60-21-62-46(40)71/h5-10,21-25,27-28,30,32-33,37-39,42-43,49-50H,3-4,11-20H2,1-2H3,(H,66,77)(H,67,74)(H,81,93)(H,82,94)(H2,57,60,62)(H3,58,59,78)(H,61,63,68,79)/t27-,28+,30+,32-,33-,37-,38-,39+,42-,43-,49-,50-,91?,92?/m1/s1. The molecule has 5 aliphatic rings. The number of hydrogen-bond acceptors (Lipinski definition) is 25. The van der Waals surface area contributed by atoms with Gasteiger partial charge in [-0.15, -0.1) is 0 Å². The smallest absolute Gasteiger partial charge is 0.412 e. The van der Waals surface area contributed by atoms with Crippen LogP contribution in [0.4, 0.5) is 44.9 Å². The summed E-state index contributed by atoms with van der Waals surface area (Å²) in [6, 6.07) is 3.31. The number of likely N-dealkylation sites (tertiary alicyclic amines) is 1. The zero-order valence-electron chi connectivity index (χ0n) is 49.7. The number of amides is 8. The van der Waals surface area contributed by atoms with Crippen molar-refractivity contribution in [3.63, 3.8) is 0 Å². The second-order valence-corrected chi connectivity index (χ2v) is 28.0. The maximum atomic E-state index is 16.8. The topological polar surface area (TPSA) is 445 Å². The van der Waals surface area contributed by atoms with Crippen molar-refractivity contribution in [2.75, 3.05) is 55.8 Å². The van der Waals surface area contributed by atoms with E-state index in [9.17, 15) is 52.5 Å². The predicted octanol–water partition coefficient (Wildman–Crippen LogP) is 2.69. The molecule has 0 aliphatic carbocycles. The summed E-state index contributed by atoms with van der Waals surface area (Å²) in [7, 11) is 0. The molecule has 9 heterocycles. The Balaban J connectivity index is 0.712. The number of fused-ring (bicyclic) bond motifs is 4.